The summed E-state index contributed by atoms with van der Waals surface area (Å²) in [5.74, 6) is 1.76. The number of nitrogen functional groups attached to an aromatic ring is 1. The molecule has 0 atom stereocenters. The standard InChI is InChI=1S/C13H11N5O/c14-13-2-1-11(8-16-13)19-10-3-4-15-12(5-10)9-6-17-18-7-9/h1-8H,(H2,14,16)(H,17,18). The smallest absolute Gasteiger partial charge is 0.145 e. The Kier molecular flexibility index (Phi) is 2.82. The number of ether oxygens (including phenoxy) is 1. The molecule has 0 saturated carbocycles. The Morgan fingerprint density at radius 1 is 1.05 bits per heavy atom. The highest BCUT2D eigenvalue weighted by Crippen LogP contribution is 2.24. The molecule has 3 aromatic heterocycles. The van der Waals surface area contributed by atoms with Gasteiger partial charge in [-0.3, -0.25) is 10.1 Å². The molecule has 3 heterocycles. The van der Waals surface area contributed by atoms with E-state index in [4.69, 9.17) is 10.5 Å². The molecule has 0 aliphatic carbocycles. The summed E-state index contributed by atoms with van der Waals surface area (Å²) in [6.07, 6.45) is 6.74. The molecule has 0 radical (unpaired) electrons. The lowest BCUT2D eigenvalue weighted by atomic mass is 10.2. The zero-order chi connectivity index (χ0) is 13.1. The van der Waals surface area contributed by atoms with Gasteiger partial charge < -0.3 is 10.5 Å². The number of aromatic nitrogens is 4. The molecular formula is C13H11N5O. The zero-order valence-electron chi connectivity index (χ0n) is 9.95. The third-order valence-corrected chi connectivity index (χ3v) is 2.52. The molecule has 3 N–H and O–H groups in total. The summed E-state index contributed by atoms with van der Waals surface area (Å²) in [5.41, 5.74) is 7.21. The number of pyridine rings is 2. The van der Waals surface area contributed by atoms with Crippen LogP contribution in [0.15, 0.2) is 49.1 Å². The monoisotopic (exact) mass is 253 g/mol. The van der Waals surface area contributed by atoms with Gasteiger partial charge in [0, 0.05) is 24.0 Å². The molecule has 0 aliphatic rings. The Labute approximate surface area is 109 Å². The van der Waals surface area contributed by atoms with Crippen LogP contribution in [-0.2, 0) is 0 Å². The summed E-state index contributed by atoms with van der Waals surface area (Å²) in [4.78, 5) is 8.23. The summed E-state index contributed by atoms with van der Waals surface area (Å²) >= 11 is 0. The van der Waals surface area contributed by atoms with Crippen LogP contribution < -0.4 is 10.5 Å². The van der Waals surface area contributed by atoms with Gasteiger partial charge in [-0.1, -0.05) is 0 Å². The van der Waals surface area contributed by atoms with E-state index in [1.165, 1.54) is 0 Å². The van der Waals surface area contributed by atoms with Crippen molar-refractivity contribution >= 4 is 5.82 Å². The molecule has 3 aromatic rings. The molecule has 0 saturated heterocycles. The molecule has 0 bridgehead atoms. The van der Waals surface area contributed by atoms with Crippen molar-refractivity contribution < 1.29 is 4.74 Å². The summed E-state index contributed by atoms with van der Waals surface area (Å²) in [6.45, 7) is 0. The number of nitrogens with one attached hydrogen (secondary N) is 1. The number of rotatable bonds is 3. The number of aromatic amines is 1. The van der Waals surface area contributed by atoms with E-state index in [9.17, 15) is 0 Å². The SMILES string of the molecule is Nc1ccc(Oc2ccnc(-c3cn[nH]c3)c2)cn1. The highest BCUT2D eigenvalue weighted by atomic mass is 16.5. The lowest BCUT2D eigenvalue weighted by molar-refractivity contribution is 0.480. The average molecular weight is 253 g/mol. The highest BCUT2D eigenvalue weighted by Gasteiger charge is 2.03. The average Bonchev–Trinajstić information content (AvgIpc) is 2.96. The maximum Gasteiger partial charge on any atom is 0.145 e. The van der Waals surface area contributed by atoms with Crippen molar-refractivity contribution in [1.82, 2.24) is 20.2 Å². The van der Waals surface area contributed by atoms with E-state index in [-0.39, 0.29) is 0 Å². The second-order valence-electron chi connectivity index (χ2n) is 3.88. The van der Waals surface area contributed by atoms with E-state index in [0.717, 1.165) is 11.3 Å². The van der Waals surface area contributed by atoms with E-state index in [1.807, 2.05) is 6.07 Å². The molecule has 19 heavy (non-hydrogen) atoms. The van der Waals surface area contributed by atoms with Crippen molar-refractivity contribution in [3.05, 3.63) is 49.1 Å². The summed E-state index contributed by atoms with van der Waals surface area (Å²) < 4.78 is 5.68. The second kappa shape index (κ2) is 4.77. The predicted molar refractivity (Wildman–Crippen MR) is 70.5 cm³/mol. The van der Waals surface area contributed by atoms with Gasteiger partial charge in [0.1, 0.15) is 17.3 Å². The quantitative estimate of drug-likeness (QED) is 0.747. The summed E-state index contributed by atoms with van der Waals surface area (Å²) in [5, 5.41) is 6.64. The van der Waals surface area contributed by atoms with Crippen LogP contribution in [0, 0.1) is 0 Å². The van der Waals surface area contributed by atoms with Crippen LogP contribution >= 0.6 is 0 Å². The largest absolute Gasteiger partial charge is 0.456 e. The van der Waals surface area contributed by atoms with Gasteiger partial charge in [-0.05, 0) is 18.2 Å². The van der Waals surface area contributed by atoms with Crippen LogP contribution in [0.3, 0.4) is 0 Å². The molecule has 6 heteroatoms. The first-order valence-electron chi connectivity index (χ1n) is 5.66. The molecule has 94 valence electrons. The fourth-order valence-electron chi connectivity index (χ4n) is 1.61. The molecule has 0 aliphatic heterocycles. The fraction of sp³-hybridized carbons (Fsp3) is 0. The van der Waals surface area contributed by atoms with Gasteiger partial charge in [0.15, 0.2) is 0 Å². The first kappa shape index (κ1) is 11.2. The predicted octanol–water partition coefficient (Wildman–Crippen LogP) is 2.24. The minimum atomic E-state index is 0.459. The second-order valence-corrected chi connectivity index (χ2v) is 3.88. The first-order chi connectivity index (χ1) is 9.31. The van der Waals surface area contributed by atoms with Crippen molar-refractivity contribution in [3.63, 3.8) is 0 Å². The van der Waals surface area contributed by atoms with Crippen LogP contribution in [0.1, 0.15) is 0 Å². The lowest BCUT2D eigenvalue weighted by Gasteiger charge is -2.06. The van der Waals surface area contributed by atoms with E-state index >= 15 is 0 Å². The van der Waals surface area contributed by atoms with Crippen LogP contribution in [0.25, 0.3) is 11.3 Å². The van der Waals surface area contributed by atoms with Crippen molar-refractivity contribution in [2.45, 2.75) is 0 Å². The van der Waals surface area contributed by atoms with Crippen molar-refractivity contribution in [2.75, 3.05) is 5.73 Å². The van der Waals surface area contributed by atoms with Crippen LogP contribution in [0.4, 0.5) is 5.82 Å². The molecular weight excluding hydrogens is 242 g/mol. The Morgan fingerprint density at radius 3 is 2.74 bits per heavy atom. The molecule has 0 fully saturated rings. The minimum absolute atomic E-state index is 0.459. The maximum atomic E-state index is 5.68. The van der Waals surface area contributed by atoms with Crippen LogP contribution in [0.2, 0.25) is 0 Å². The van der Waals surface area contributed by atoms with Crippen molar-refractivity contribution in [3.8, 4) is 22.8 Å². The Bertz CT molecular complexity index is 664. The molecule has 0 spiro atoms. The minimum Gasteiger partial charge on any atom is -0.456 e. The summed E-state index contributed by atoms with van der Waals surface area (Å²) in [7, 11) is 0. The highest BCUT2D eigenvalue weighted by molar-refractivity contribution is 5.58. The Hall–Kier alpha value is -2.89. The van der Waals surface area contributed by atoms with Gasteiger partial charge in [-0.25, -0.2) is 4.98 Å². The number of anilines is 1. The summed E-state index contributed by atoms with van der Waals surface area (Å²) in [6, 6.07) is 7.06. The molecule has 0 amide bonds. The van der Waals surface area contributed by atoms with E-state index in [0.29, 0.717) is 17.3 Å². The van der Waals surface area contributed by atoms with E-state index < -0.39 is 0 Å². The Morgan fingerprint density at radius 2 is 2.00 bits per heavy atom. The van der Waals surface area contributed by atoms with Gasteiger partial charge in [0.25, 0.3) is 0 Å². The van der Waals surface area contributed by atoms with E-state index in [2.05, 4.69) is 20.2 Å². The number of hydrogen-bond donors (Lipinski definition) is 2. The van der Waals surface area contributed by atoms with Gasteiger partial charge in [0.2, 0.25) is 0 Å². The van der Waals surface area contributed by atoms with Gasteiger partial charge in [-0.15, -0.1) is 0 Å². The molecule has 6 nitrogen and oxygen atoms in total. The molecule has 0 aromatic carbocycles. The normalized spacial score (nSPS) is 10.3. The van der Waals surface area contributed by atoms with E-state index in [1.54, 1.807) is 43.0 Å². The first-order valence-corrected chi connectivity index (χ1v) is 5.66. The molecule has 0 unspecified atom stereocenters. The van der Waals surface area contributed by atoms with Crippen LogP contribution in [-0.4, -0.2) is 20.2 Å². The Balaban J connectivity index is 1.85. The van der Waals surface area contributed by atoms with Gasteiger partial charge in [-0.2, -0.15) is 5.10 Å². The lowest BCUT2D eigenvalue weighted by Crippen LogP contribution is -1.91. The van der Waals surface area contributed by atoms with Crippen molar-refractivity contribution in [2.24, 2.45) is 0 Å². The van der Waals surface area contributed by atoms with Crippen molar-refractivity contribution in [1.29, 1.82) is 0 Å². The third-order valence-electron chi connectivity index (χ3n) is 2.52. The number of H-pyrrole nitrogens is 1. The fourth-order valence-corrected chi connectivity index (χ4v) is 1.61. The number of nitrogens with two attached hydrogens (primary N) is 1. The molecule has 3 rings (SSSR count). The van der Waals surface area contributed by atoms with Crippen LogP contribution in [0.5, 0.6) is 11.5 Å². The number of hydrogen-bond acceptors (Lipinski definition) is 5. The maximum absolute atomic E-state index is 5.68. The number of nitrogens with zero attached hydrogens (tertiary/aromatic N) is 3. The third kappa shape index (κ3) is 2.52. The van der Waals surface area contributed by atoms with Gasteiger partial charge >= 0.3 is 0 Å². The van der Waals surface area contributed by atoms with Gasteiger partial charge in [0.05, 0.1) is 18.1 Å². The topological polar surface area (TPSA) is 89.7 Å². The zero-order valence-corrected chi connectivity index (χ0v) is 9.95.